The van der Waals surface area contributed by atoms with Crippen molar-refractivity contribution in [2.24, 2.45) is 11.8 Å². The molecule has 0 aliphatic heterocycles. The van der Waals surface area contributed by atoms with E-state index in [0.717, 1.165) is 115 Å². The average Bonchev–Trinajstić information content (AvgIpc) is 0.936. The molecule has 19 heteroatoms. The summed E-state index contributed by atoms with van der Waals surface area (Å²) in [5.41, 5.74) is 0. The lowest BCUT2D eigenvalue weighted by Crippen LogP contribution is -2.30. The minimum absolute atomic E-state index is 0.106. The monoisotopic (exact) mass is 1470 g/mol. The number of phosphoric ester groups is 2. The largest absolute Gasteiger partial charge is 0.472 e. The molecule has 0 aromatic rings. The maximum absolute atomic E-state index is 13.1. The van der Waals surface area contributed by atoms with Gasteiger partial charge in [0.1, 0.15) is 19.3 Å². The van der Waals surface area contributed by atoms with Crippen LogP contribution in [0.3, 0.4) is 0 Å². The van der Waals surface area contributed by atoms with E-state index in [0.29, 0.717) is 25.7 Å². The summed E-state index contributed by atoms with van der Waals surface area (Å²) < 4.78 is 68.6. The van der Waals surface area contributed by atoms with E-state index in [1.165, 1.54) is 231 Å². The van der Waals surface area contributed by atoms with Crippen molar-refractivity contribution in [1.82, 2.24) is 0 Å². The predicted molar refractivity (Wildman–Crippen MR) is 409 cm³/mol. The van der Waals surface area contributed by atoms with Crippen LogP contribution in [-0.2, 0) is 65.4 Å². The van der Waals surface area contributed by atoms with Crippen molar-refractivity contribution in [1.29, 1.82) is 0 Å². The van der Waals surface area contributed by atoms with E-state index in [-0.39, 0.29) is 25.7 Å². The number of hydrogen-bond acceptors (Lipinski definition) is 15. The van der Waals surface area contributed by atoms with Crippen molar-refractivity contribution >= 4 is 39.5 Å². The Kier molecular flexibility index (Phi) is 71.2. The summed E-state index contributed by atoms with van der Waals surface area (Å²) in [5.74, 6) is -0.498. The summed E-state index contributed by atoms with van der Waals surface area (Å²) in [4.78, 5) is 72.9. The molecule has 0 rings (SSSR count). The second-order valence-corrected chi connectivity index (χ2v) is 32.8. The molecule has 0 saturated carbocycles. The van der Waals surface area contributed by atoms with E-state index >= 15 is 0 Å². The van der Waals surface area contributed by atoms with Gasteiger partial charge >= 0.3 is 39.5 Å². The number of carbonyl (C=O) groups is 4. The summed E-state index contributed by atoms with van der Waals surface area (Å²) in [6.07, 6.45) is 62.6. The Morgan fingerprint density at radius 2 is 0.510 bits per heavy atom. The van der Waals surface area contributed by atoms with Crippen molar-refractivity contribution in [2.45, 2.75) is 445 Å². The van der Waals surface area contributed by atoms with Gasteiger partial charge in [0.15, 0.2) is 12.2 Å². The van der Waals surface area contributed by atoms with Crippen LogP contribution in [0.4, 0.5) is 0 Å². The van der Waals surface area contributed by atoms with Gasteiger partial charge in [0, 0.05) is 25.7 Å². The Hall–Kier alpha value is -1.94. The van der Waals surface area contributed by atoms with Gasteiger partial charge in [-0.2, -0.15) is 0 Å². The number of phosphoric acid groups is 2. The molecule has 0 radical (unpaired) electrons. The Balaban J connectivity index is 5.18. The van der Waals surface area contributed by atoms with Crippen molar-refractivity contribution in [2.75, 3.05) is 39.6 Å². The second-order valence-electron chi connectivity index (χ2n) is 29.9. The Morgan fingerprint density at radius 3 is 0.760 bits per heavy atom. The number of hydrogen-bond donors (Lipinski definition) is 3. The molecule has 0 spiro atoms. The zero-order valence-corrected chi connectivity index (χ0v) is 67.3. The van der Waals surface area contributed by atoms with Crippen LogP contribution in [0.5, 0.6) is 0 Å². The molecule has 0 aliphatic carbocycles. The minimum Gasteiger partial charge on any atom is -0.462 e. The fourth-order valence-corrected chi connectivity index (χ4v) is 14.1. The van der Waals surface area contributed by atoms with Crippen molar-refractivity contribution in [3.8, 4) is 0 Å². The number of rotatable bonds is 80. The Bertz CT molecular complexity index is 1930. The molecule has 0 aromatic carbocycles. The molecule has 3 N–H and O–H groups in total. The maximum Gasteiger partial charge on any atom is 0.472 e. The van der Waals surface area contributed by atoms with Gasteiger partial charge in [-0.3, -0.25) is 37.3 Å². The highest BCUT2D eigenvalue weighted by Crippen LogP contribution is 2.45. The van der Waals surface area contributed by atoms with Crippen LogP contribution < -0.4 is 0 Å². The van der Waals surface area contributed by atoms with Crippen LogP contribution in [0, 0.1) is 11.8 Å². The van der Waals surface area contributed by atoms with E-state index in [1.807, 2.05) is 0 Å². The average molecular weight is 1470 g/mol. The summed E-state index contributed by atoms with van der Waals surface area (Å²) in [6.45, 7) is 9.64. The number of aliphatic hydroxyl groups is 1. The molecule has 0 fully saturated rings. The van der Waals surface area contributed by atoms with Gasteiger partial charge in [-0.05, 0) is 37.5 Å². The molecule has 6 atom stereocenters. The lowest BCUT2D eigenvalue weighted by molar-refractivity contribution is -0.161. The topological polar surface area (TPSA) is 237 Å². The molecule has 0 amide bonds. The van der Waals surface area contributed by atoms with Crippen molar-refractivity contribution in [3.05, 3.63) is 0 Å². The SMILES string of the molecule is CCCCCCCCCCCCCCCCCCCCCCC(=O)O[C@H](COC(=O)CCCCCCCCCCCCCCCCCCC(C)C)COP(=O)(O)OC[C@@H](O)COP(=O)(O)OC[C@@H](COC(=O)CCCCCCCCC)OC(=O)CCCCCCCCCCCCC(C)CC. The lowest BCUT2D eigenvalue weighted by atomic mass is 9.99. The molecular weight excluding hydrogens is 1310 g/mol. The first-order chi connectivity index (χ1) is 48.4. The van der Waals surface area contributed by atoms with E-state index in [4.69, 9.17) is 37.0 Å². The van der Waals surface area contributed by atoms with Crippen LogP contribution in [-0.4, -0.2) is 96.7 Å². The zero-order chi connectivity index (χ0) is 73.5. The van der Waals surface area contributed by atoms with Crippen LogP contribution >= 0.6 is 15.6 Å². The Morgan fingerprint density at radius 1 is 0.290 bits per heavy atom. The summed E-state index contributed by atoms with van der Waals surface area (Å²) in [6, 6.07) is 0. The van der Waals surface area contributed by atoms with E-state index in [9.17, 15) is 43.2 Å². The number of unbranched alkanes of at least 4 members (excludes halogenated alkanes) is 49. The zero-order valence-electron chi connectivity index (χ0n) is 65.5. The number of carbonyl (C=O) groups excluding carboxylic acids is 4. The highest BCUT2D eigenvalue weighted by Gasteiger charge is 2.30. The fourth-order valence-electron chi connectivity index (χ4n) is 12.5. The molecule has 594 valence electrons. The number of ether oxygens (including phenoxy) is 4. The smallest absolute Gasteiger partial charge is 0.462 e. The van der Waals surface area contributed by atoms with Crippen LogP contribution in [0.1, 0.15) is 427 Å². The van der Waals surface area contributed by atoms with Gasteiger partial charge in [0.25, 0.3) is 0 Å². The first kappa shape index (κ1) is 98.1. The maximum atomic E-state index is 13.1. The fraction of sp³-hybridized carbons (Fsp3) is 0.951. The van der Waals surface area contributed by atoms with E-state index in [2.05, 4.69) is 41.5 Å². The Labute approximate surface area is 613 Å². The van der Waals surface area contributed by atoms with Gasteiger partial charge in [0.2, 0.25) is 0 Å². The first-order valence-electron chi connectivity index (χ1n) is 42.0. The summed E-state index contributed by atoms with van der Waals surface area (Å²) >= 11 is 0. The first-order valence-corrected chi connectivity index (χ1v) is 45.0. The third kappa shape index (κ3) is 73.0. The van der Waals surface area contributed by atoms with Crippen molar-refractivity contribution < 1.29 is 80.2 Å². The van der Waals surface area contributed by atoms with Gasteiger partial charge in [0.05, 0.1) is 26.4 Å². The normalized spacial score (nSPS) is 14.2. The highest BCUT2D eigenvalue weighted by molar-refractivity contribution is 7.47. The lowest BCUT2D eigenvalue weighted by Gasteiger charge is -2.21. The minimum atomic E-state index is -4.96. The van der Waals surface area contributed by atoms with E-state index in [1.54, 1.807) is 0 Å². The molecule has 0 bridgehead atoms. The molecular formula is C81H158O17P2. The highest BCUT2D eigenvalue weighted by atomic mass is 31.2. The van der Waals surface area contributed by atoms with Gasteiger partial charge in [-0.25, -0.2) is 9.13 Å². The number of esters is 4. The predicted octanol–water partition coefficient (Wildman–Crippen LogP) is 24.3. The van der Waals surface area contributed by atoms with Gasteiger partial charge in [-0.1, -0.05) is 375 Å². The molecule has 100 heavy (non-hydrogen) atoms. The van der Waals surface area contributed by atoms with E-state index < -0.39 is 97.5 Å². The molecule has 0 saturated heterocycles. The third-order valence-corrected chi connectivity index (χ3v) is 21.2. The number of aliphatic hydroxyl groups excluding tert-OH is 1. The molecule has 0 aliphatic rings. The van der Waals surface area contributed by atoms with Crippen LogP contribution in [0.2, 0.25) is 0 Å². The second kappa shape index (κ2) is 72.6. The third-order valence-electron chi connectivity index (χ3n) is 19.3. The van der Waals surface area contributed by atoms with Gasteiger partial charge < -0.3 is 33.8 Å². The molecule has 0 aromatic heterocycles. The molecule has 3 unspecified atom stereocenters. The van der Waals surface area contributed by atoms with Crippen LogP contribution in [0.15, 0.2) is 0 Å². The summed E-state index contributed by atoms with van der Waals surface area (Å²) in [7, 11) is -9.91. The van der Waals surface area contributed by atoms with Crippen LogP contribution in [0.25, 0.3) is 0 Å². The van der Waals surface area contributed by atoms with Crippen molar-refractivity contribution in [3.63, 3.8) is 0 Å². The molecule has 17 nitrogen and oxygen atoms in total. The standard InChI is InChI=1S/C81H158O17P2/c1-7-10-12-14-16-17-18-19-20-21-22-23-24-29-32-35-41-47-53-59-65-80(85)98-77(70-92-79(84)64-58-52-46-40-34-31-28-26-25-27-30-33-38-44-49-55-61-73(4)5)72-96-100(89,90)94-68-75(82)67-93-99(87,88)95-71-76(69-91-78(83)63-57-51-43-15-13-11-8-2)97-81(86)66-60-54-48-42-37-36-39-45-50-56-62-74(6)9-3/h73-77,82H,7-72H2,1-6H3,(H,87,88)(H,89,90)/t74?,75-,76+,77+/m0/s1. The molecule has 0 heterocycles. The van der Waals surface area contributed by atoms with Gasteiger partial charge in [-0.15, -0.1) is 0 Å². The summed E-state index contributed by atoms with van der Waals surface area (Å²) in [5, 5.41) is 10.6. The quantitative estimate of drug-likeness (QED) is 0.0222.